The van der Waals surface area contributed by atoms with Crippen LogP contribution in [0.3, 0.4) is 0 Å². The van der Waals surface area contributed by atoms with E-state index in [0.29, 0.717) is 27.8 Å². The number of halogens is 2. The van der Waals surface area contributed by atoms with E-state index >= 15 is 0 Å². The largest absolute Gasteiger partial charge is 0.482 e. The van der Waals surface area contributed by atoms with Gasteiger partial charge in [0.2, 0.25) is 0 Å². The topological polar surface area (TPSA) is 64.6 Å². The molecule has 5 nitrogen and oxygen atoms in total. The normalized spacial score (nSPS) is 11.0. The lowest BCUT2D eigenvalue weighted by Crippen LogP contribution is -2.20. The van der Waals surface area contributed by atoms with Gasteiger partial charge >= 0.3 is 5.97 Å². The number of hydrogen-bond donors (Lipinski definition) is 1. The molecule has 0 atom stereocenters. The monoisotopic (exact) mass is 515 g/mol. The number of carbonyl (C=O) groups excluding carboxylic acids is 2. The van der Waals surface area contributed by atoms with Gasteiger partial charge in [0, 0.05) is 26.3 Å². The van der Waals surface area contributed by atoms with E-state index in [2.05, 4.69) is 42.0 Å². The van der Waals surface area contributed by atoms with Crippen molar-refractivity contribution in [3.8, 4) is 11.5 Å². The minimum atomic E-state index is -0.536. The first kappa shape index (κ1) is 23.8. The van der Waals surface area contributed by atoms with Gasteiger partial charge in [0.25, 0.3) is 5.91 Å². The van der Waals surface area contributed by atoms with Gasteiger partial charge in [-0.15, -0.1) is 0 Å². The molecular weight excluding hydrogens is 494 g/mol. The molecule has 7 heteroatoms. The molecule has 0 saturated heterocycles. The van der Waals surface area contributed by atoms with E-state index in [9.17, 15) is 9.59 Å². The number of ether oxygens (including phenoxy) is 2. The third kappa shape index (κ3) is 6.58. The summed E-state index contributed by atoms with van der Waals surface area (Å²) in [6, 6.07) is 18.8. The van der Waals surface area contributed by atoms with Gasteiger partial charge < -0.3 is 14.8 Å². The van der Waals surface area contributed by atoms with Crippen LogP contribution in [0.2, 0.25) is 5.02 Å². The SMILES string of the molecule is CC(C)(C)c1cc(Br)ccc1OCC(=O)Oc1ccc(C(=O)Nc2ccc(Cl)cc2)cc1. The molecule has 0 unspecified atom stereocenters. The molecule has 32 heavy (non-hydrogen) atoms. The molecule has 0 bridgehead atoms. The highest BCUT2D eigenvalue weighted by Gasteiger charge is 2.20. The lowest BCUT2D eigenvalue weighted by Gasteiger charge is -2.23. The van der Waals surface area contributed by atoms with Crippen LogP contribution in [0.25, 0.3) is 0 Å². The fourth-order valence-electron chi connectivity index (χ4n) is 2.92. The second-order valence-corrected chi connectivity index (χ2v) is 9.49. The number of anilines is 1. The highest BCUT2D eigenvalue weighted by molar-refractivity contribution is 9.10. The predicted molar refractivity (Wildman–Crippen MR) is 130 cm³/mol. The van der Waals surface area contributed by atoms with Crippen LogP contribution in [0.1, 0.15) is 36.7 Å². The second kappa shape index (κ2) is 10.2. The Kier molecular flexibility index (Phi) is 7.59. The Bertz CT molecular complexity index is 1110. The first-order valence-corrected chi connectivity index (χ1v) is 11.1. The van der Waals surface area contributed by atoms with Crippen molar-refractivity contribution in [3.63, 3.8) is 0 Å². The maximum Gasteiger partial charge on any atom is 0.349 e. The van der Waals surface area contributed by atoms with Crippen molar-refractivity contribution in [1.82, 2.24) is 0 Å². The standard InChI is InChI=1S/C25H23BrClNO4/c1-25(2,3)21-14-17(26)6-13-22(21)31-15-23(29)32-20-11-4-16(5-12-20)24(30)28-19-9-7-18(27)8-10-19/h4-14H,15H2,1-3H3,(H,28,30). The van der Waals surface area contributed by atoms with Gasteiger partial charge in [-0.3, -0.25) is 4.79 Å². The fourth-order valence-corrected chi connectivity index (χ4v) is 3.41. The molecule has 166 valence electrons. The summed E-state index contributed by atoms with van der Waals surface area (Å²) in [5, 5.41) is 3.37. The third-order valence-corrected chi connectivity index (χ3v) is 5.29. The Morgan fingerprint density at radius 3 is 2.25 bits per heavy atom. The quantitative estimate of drug-likeness (QED) is 0.295. The molecule has 0 aliphatic heterocycles. The molecule has 0 spiro atoms. The number of nitrogens with one attached hydrogen (secondary N) is 1. The van der Waals surface area contributed by atoms with Crippen molar-refractivity contribution in [1.29, 1.82) is 0 Å². The molecule has 0 saturated carbocycles. The van der Waals surface area contributed by atoms with Crippen molar-refractivity contribution in [2.24, 2.45) is 0 Å². The summed E-state index contributed by atoms with van der Waals surface area (Å²) in [4.78, 5) is 24.6. The Hall–Kier alpha value is -2.83. The summed E-state index contributed by atoms with van der Waals surface area (Å²) in [6.45, 7) is 5.99. The zero-order chi connectivity index (χ0) is 23.3. The number of esters is 1. The van der Waals surface area contributed by atoms with Crippen molar-refractivity contribution in [2.75, 3.05) is 11.9 Å². The first-order valence-electron chi connectivity index (χ1n) is 9.92. The third-order valence-electron chi connectivity index (χ3n) is 4.55. The molecule has 0 aliphatic carbocycles. The van der Waals surface area contributed by atoms with Gasteiger partial charge in [-0.1, -0.05) is 48.3 Å². The van der Waals surface area contributed by atoms with Crippen LogP contribution >= 0.6 is 27.5 Å². The Balaban J connectivity index is 1.57. The molecule has 3 rings (SSSR count). The molecule has 3 aromatic rings. The van der Waals surface area contributed by atoms with E-state index in [0.717, 1.165) is 10.0 Å². The molecule has 1 N–H and O–H groups in total. The summed E-state index contributed by atoms with van der Waals surface area (Å²) in [5.74, 6) is 0.144. The molecule has 0 aromatic heterocycles. The molecular formula is C25H23BrClNO4. The lowest BCUT2D eigenvalue weighted by atomic mass is 9.86. The van der Waals surface area contributed by atoms with Gasteiger partial charge in [0.05, 0.1) is 0 Å². The van der Waals surface area contributed by atoms with E-state index in [1.54, 1.807) is 48.5 Å². The van der Waals surface area contributed by atoms with Crippen LogP contribution in [-0.2, 0) is 10.2 Å². The number of rotatable bonds is 6. The summed E-state index contributed by atoms with van der Waals surface area (Å²) >= 11 is 9.32. The van der Waals surface area contributed by atoms with Gasteiger partial charge in [-0.05, 0) is 72.1 Å². The van der Waals surface area contributed by atoms with Crippen LogP contribution in [0, 0.1) is 0 Å². The molecule has 0 aliphatic rings. The van der Waals surface area contributed by atoms with Gasteiger partial charge in [-0.25, -0.2) is 4.79 Å². The zero-order valence-corrected chi connectivity index (χ0v) is 20.3. The average Bonchev–Trinajstić information content (AvgIpc) is 2.74. The van der Waals surface area contributed by atoms with Crippen LogP contribution in [-0.4, -0.2) is 18.5 Å². The van der Waals surface area contributed by atoms with Crippen LogP contribution in [0.5, 0.6) is 11.5 Å². The Morgan fingerprint density at radius 1 is 0.969 bits per heavy atom. The van der Waals surface area contributed by atoms with Crippen molar-refractivity contribution in [2.45, 2.75) is 26.2 Å². The van der Waals surface area contributed by atoms with Crippen molar-refractivity contribution < 1.29 is 19.1 Å². The first-order chi connectivity index (χ1) is 15.1. The second-order valence-electron chi connectivity index (χ2n) is 8.14. The zero-order valence-electron chi connectivity index (χ0n) is 17.9. The summed E-state index contributed by atoms with van der Waals surface area (Å²) in [6.07, 6.45) is 0. The van der Waals surface area contributed by atoms with E-state index in [1.807, 2.05) is 18.2 Å². The van der Waals surface area contributed by atoms with Crippen LogP contribution in [0.15, 0.2) is 71.2 Å². The Morgan fingerprint density at radius 2 is 1.62 bits per heavy atom. The average molecular weight is 517 g/mol. The number of hydrogen-bond acceptors (Lipinski definition) is 4. The lowest BCUT2D eigenvalue weighted by molar-refractivity contribution is -0.136. The van der Waals surface area contributed by atoms with Crippen LogP contribution in [0.4, 0.5) is 5.69 Å². The minimum absolute atomic E-state index is 0.147. The summed E-state index contributed by atoms with van der Waals surface area (Å²) in [7, 11) is 0. The summed E-state index contributed by atoms with van der Waals surface area (Å²) < 4.78 is 12.0. The number of benzene rings is 3. The van der Waals surface area contributed by atoms with E-state index < -0.39 is 5.97 Å². The fraction of sp³-hybridized carbons (Fsp3) is 0.200. The van der Waals surface area contributed by atoms with E-state index in [-0.39, 0.29) is 17.9 Å². The molecule has 1 amide bonds. The number of carbonyl (C=O) groups is 2. The summed E-state index contributed by atoms with van der Waals surface area (Å²) in [5.41, 5.74) is 1.90. The van der Waals surface area contributed by atoms with Gasteiger partial charge in [0.1, 0.15) is 11.5 Å². The maximum absolute atomic E-state index is 12.4. The van der Waals surface area contributed by atoms with Gasteiger partial charge in [0.15, 0.2) is 6.61 Å². The smallest absolute Gasteiger partial charge is 0.349 e. The molecule has 0 radical (unpaired) electrons. The van der Waals surface area contributed by atoms with Crippen LogP contribution < -0.4 is 14.8 Å². The molecule has 0 heterocycles. The van der Waals surface area contributed by atoms with E-state index in [4.69, 9.17) is 21.1 Å². The van der Waals surface area contributed by atoms with Crippen molar-refractivity contribution in [3.05, 3.63) is 87.4 Å². The Labute approximate surface area is 200 Å². The predicted octanol–water partition coefficient (Wildman–Crippen LogP) is 6.64. The highest BCUT2D eigenvalue weighted by Crippen LogP contribution is 2.33. The highest BCUT2D eigenvalue weighted by atomic mass is 79.9. The minimum Gasteiger partial charge on any atom is -0.482 e. The maximum atomic E-state index is 12.4. The van der Waals surface area contributed by atoms with Crippen molar-refractivity contribution >= 4 is 45.1 Å². The molecule has 0 fully saturated rings. The number of amides is 1. The molecule has 3 aromatic carbocycles. The van der Waals surface area contributed by atoms with E-state index in [1.165, 1.54) is 0 Å². The van der Waals surface area contributed by atoms with Gasteiger partial charge in [-0.2, -0.15) is 0 Å².